The third-order valence-corrected chi connectivity index (χ3v) is 7.49. The molecule has 0 spiro atoms. The van der Waals surface area contributed by atoms with E-state index in [1.165, 1.54) is 6.92 Å². The third-order valence-electron chi connectivity index (χ3n) is 5.85. The van der Waals surface area contributed by atoms with Gasteiger partial charge in [-0.05, 0) is 55.6 Å². The van der Waals surface area contributed by atoms with Crippen LogP contribution in [0.3, 0.4) is 0 Å². The maximum atomic E-state index is 12.1. The molecule has 0 saturated carbocycles. The SMILES string of the molecule is CC(=O)O[C@H]1CN(CCN(C)C)c2ccc(Cl)cc2S[C@H]1c1ccc(OCc2ccccc2)cc1. The van der Waals surface area contributed by atoms with Gasteiger partial charge in [-0.2, -0.15) is 0 Å². The molecule has 35 heavy (non-hydrogen) atoms. The van der Waals surface area contributed by atoms with E-state index in [4.69, 9.17) is 21.1 Å². The zero-order valence-electron chi connectivity index (χ0n) is 20.3. The molecule has 0 amide bonds. The first-order valence-electron chi connectivity index (χ1n) is 11.7. The lowest BCUT2D eigenvalue weighted by molar-refractivity contribution is -0.145. The van der Waals surface area contributed by atoms with Crippen LogP contribution in [0, 0.1) is 0 Å². The number of halogens is 1. The van der Waals surface area contributed by atoms with Crippen LogP contribution < -0.4 is 9.64 Å². The van der Waals surface area contributed by atoms with Crippen molar-refractivity contribution in [3.63, 3.8) is 0 Å². The number of hydrogen-bond acceptors (Lipinski definition) is 6. The standard InChI is InChI=1S/C28H31ClN2O3S/c1-20(32)34-26-18-31(16-15-30(2)3)25-14-11-23(29)17-27(25)35-28(26)22-9-12-24(13-10-22)33-19-21-7-5-4-6-8-21/h4-14,17,26,28H,15-16,18-19H2,1-3H3/t26-,28-/m0/s1. The monoisotopic (exact) mass is 510 g/mol. The van der Waals surface area contributed by atoms with Crippen molar-refractivity contribution in [3.8, 4) is 5.75 Å². The van der Waals surface area contributed by atoms with E-state index in [9.17, 15) is 4.79 Å². The minimum absolute atomic E-state index is 0.0800. The van der Waals surface area contributed by atoms with Crippen LogP contribution in [0.5, 0.6) is 5.75 Å². The van der Waals surface area contributed by atoms with Gasteiger partial charge in [0.05, 0.1) is 17.5 Å². The van der Waals surface area contributed by atoms with Gasteiger partial charge in [0.15, 0.2) is 0 Å². The number of esters is 1. The van der Waals surface area contributed by atoms with Gasteiger partial charge >= 0.3 is 5.97 Å². The number of anilines is 1. The van der Waals surface area contributed by atoms with Gasteiger partial charge in [-0.3, -0.25) is 4.79 Å². The van der Waals surface area contributed by atoms with E-state index in [0.717, 1.165) is 40.5 Å². The van der Waals surface area contributed by atoms with Crippen molar-refractivity contribution in [1.82, 2.24) is 4.90 Å². The van der Waals surface area contributed by atoms with Gasteiger partial charge in [-0.15, -0.1) is 11.8 Å². The number of hydrogen-bond donors (Lipinski definition) is 0. The molecule has 0 saturated heterocycles. The zero-order valence-corrected chi connectivity index (χ0v) is 21.9. The molecular formula is C28H31ClN2O3S. The first kappa shape index (κ1) is 25.4. The molecule has 0 bridgehead atoms. The molecule has 184 valence electrons. The molecule has 1 aliphatic heterocycles. The van der Waals surface area contributed by atoms with Crippen molar-refractivity contribution < 1.29 is 14.3 Å². The van der Waals surface area contributed by atoms with E-state index < -0.39 is 0 Å². The summed E-state index contributed by atoms with van der Waals surface area (Å²) >= 11 is 8.08. The quantitative estimate of drug-likeness (QED) is 0.343. The number of carbonyl (C=O) groups is 1. The Morgan fingerprint density at radius 3 is 2.51 bits per heavy atom. The highest BCUT2D eigenvalue weighted by molar-refractivity contribution is 7.99. The van der Waals surface area contributed by atoms with E-state index in [1.54, 1.807) is 11.8 Å². The summed E-state index contributed by atoms with van der Waals surface area (Å²) in [7, 11) is 4.12. The first-order valence-corrected chi connectivity index (χ1v) is 12.9. The largest absolute Gasteiger partial charge is 0.489 e. The highest BCUT2D eigenvalue weighted by Gasteiger charge is 2.34. The molecule has 3 aromatic rings. The lowest BCUT2D eigenvalue weighted by Crippen LogP contribution is -2.39. The van der Waals surface area contributed by atoms with Crippen molar-refractivity contribution in [2.75, 3.05) is 38.6 Å². The van der Waals surface area contributed by atoms with Crippen molar-refractivity contribution in [3.05, 3.63) is 88.9 Å². The van der Waals surface area contributed by atoms with Crippen LogP contribution in [0.25, 0.3) is 0 Å². The minimum Gasteiger partial charge on any atom is -0.489 e. The Balaban J connectivity index is 1.59. The Bertz CT molecular complexity index is 1120. The van der Waals surface area contributed by atoms with Crippen LogP contribution in [0.15, 0.2) is 77.7 Å². The van der Waals surface area contributed by atoms with Gasteiger partial charge in [-0.25, -0.2) is 0 Å². The maximum Gasteiger partial charge on any atom is 0.303 e. The summed E-state index contributed by atoms with van der Waals surface area (Å²) in [6.07, 6.45) is -0.318. The molecule has 7 heteroatoms. The predicted molar refractivity (Wildman–Crippen MR) is 144 cm³/mol. The second kappa shape index (κ2) is 11.8. The fourth-order valence-electron chi connectivity index (χ4n) is 4.09. The highest BCUT2D eigenvalue weighted by atomic mass is 35.5. The lowest BCUT2D eigenvalue weighted by Gasteiger charge is -2.30. The molecule has 1 aliphatic rings. The molecule has 0 unspecified atom stereocenters. The van der Waals surface area contributed by atoms with Crippen LogP contribution in [0.4, 0.5) is 5.69 Å². The molecule has 0 N–H and O–H groups in total. The summed E-state index contributed by atoms with van der Waals surface area (Å²) in [5, 5.41) is 0.613. The third kappa shape index (κ3) is 6.94. The Labute approximate surface area is 217 Å². The Kier molecular flexibility index (Phi) is 8.60. The predicted octanol–water partition coefficient (Wildman–Crippen LogP) is 6.07. The van der Waals surface area contributed by atoms with Crippen LogP contribution in [0.1, 0.15) is 23.3 Å². The van der Waals surface area contributed by atoms with Gasteiger partial charge in [0.1, 0.15) is 18.5 Å². The summed E-state index contributed by atoms with van der Waals surface area (Å²) < 4.78 is 11.9. The summed E-state index contributed by atoms with van der Waals surface area (Å²) in [5.74, 6) is 0.524. The Hall–Kier alpha value is -2.67. The number of nitrogens with zero attached hydrogens (tertiary/aromatic N) is 2. The summed E-state index contributed by atoms with van der Waals surface area (Å²) in [4.78, 5) is 17.6. The summed E-state index contributed by atoms with van der Waals surface area (Å²) in [5.41, 5.74) is 3.31. The molecule has 0 fully saturated rings. The van der Waals surface area contributed by atoms with Crippen molar-refractivity contribution in [2.24, 2.45) is 0 Å². The summed E-state index contributed by atoms with van der Waals surface area (Å²) in [6, 6.07) is 24.2. The minimum atomic E-state index is -0.318. The normalized spacial score (nSPS) is 17.6. The first-order chi connectivity index (χ1) is 16.9. The van der Waals surface area contributed by atoms with Gasteiger partial charge in [0.25, 0.3) is 0 Å². The fraction of sp³-hybridized carbons (Fsp3) is 0.321. The van der Waals surface area contributed by atoms with Gasteiger partial charge in [-0.1, -0.05) is 54.1 Å². The van der Waals surface area contributed by atoms with E-state index in [2.05, 4.69) is 42.1 Å². The van der Waals surface area contributed by atoms with Crippen molar-refractivity contribution >= 4 is 35.0 Å². The molecule has 0 radical (unpaired) electrons. The second-order valence-corrected chi connectivity index (χ2v) is 10.5. The van der Waals surface area contributed by atoms with E-state index in [-0.39, 0.29) is 17.3 Å². The zero-order chi connectivity index (χ0) is 24.8. The Morgan fingerprint density at radius 2 is 1.83 bits per heavy atom. The van der Waals surface area contributed by atoms with Crippen LogP contribution in [-0.2, 0) is 16.1 Å². The number of fused-ring (bicyclic) bond motifs is 1. The molecular weight excluding hydrogens is 480 g/mol. The van der Waals surface area contributed by atoms with Crippen LogP contribution >= 0.6 is 23.4 Å². The fourth-order valence-corrected chi connectivity index (χ4v) is 5.70. The van der Waals surface area contributed by atoms with Crippen molar-refractivity contribution in [2.45, 2.75) is 29.8 Å². The maximum absolute atomic E-state index is 12.1. The molecule has 1 heterocycles. The average molecular weight is 511 g/mol. The Morgan fingerprint density at radius 1 is 1.09 bits per heavy atom. The van der Waals surface area contributed by atoms with Crippen LogP contribution in [-0.4, -0.2) is 50.7 Å². The molecule has 5 nitrogen and oxygen atoms in total. The van der Waals surface area contributed by atoms with E-state index >= 15 is 0 Å². The second-order valence-electron chi connectivity index (χ2n) is 8.89. The van der Waals surface area contributed by atoms with Gasteiger partial charge < -0.3 is 19.3 Å². The number of likely N-dealkylation sites (N-methyl/N-ethyl adjacent to an activating group) is 1. The molecule has 0 aliphatic carbocycles. The highest BCUT2D eigenvalue weighted by Crippen LogP contribution is 2.47. The van der Waals surface area contributed by atoms with Gasteiger partial charge in [0.2, 0.25) is 0 Å². The number of benzene rings is 3. The summed E-state index contributed by atoms with van der Waals surface area (Å²) in [6.45, 7) is 4.30. The molecule has 0 aromatic heterocycles. The molecule has 4 rings (SSSR count). The lowest BCUT2D eigenvalue weighted by atomic mass is 10.1. The molecule has 3 aromatic carbocycles. The smallest absolute Gasteiger partial charge is 0.303 e. The number of thioether (sulfide) groups is 1. The van der Waals surface area contributed by atoms with E-state index in [1.807, 2.05) is 54.6 Å². The average Bonchev–Trinajstić information content (AvgIpc) is 2.98. The number of ether oxygens (including phenoxy) is 2. The van der Waals surface area contributed by atoms with Crippen LogP contribution in [0.2, 0.25) is 5.02 Å². The van der Waals surface area contributed by atoms with Gasteiger partial charge in [0, 0.05) is 29.9 Å². The van der Waals surface area contributed by atoms with E-state index in [0.29, 0.717) is 18.2 Å². The molecule has 2 atom stereocenters. The number of rotatable bonds is 8. The number of carbonyl (C=O) groups excluding carboxylic acids is 1. The van der Waals surface area contributed by atoms with Crippen molar-refractivity contribution in [1.29, 1.82) is 0 Å². The topological polar surface area (TPSA) is 42.0 Å².